The molecule has 1 heterocycles. The van der Waals surface area contributed by atoms with Crippen LogP contribution in [0.1, 0.15) is 12.5 Å². The van der Waals surface area contributed by atoms with Gasteiger partial charge in [0, 0.05) is 25.0 Å². The van der Waals surface area contributed by atoms with Gasteiger partial charge in [0.1, 0.15) is 21.0 Å². The van der Waals surface area contributed by atoms with Crippen molar-refractivity contribution in [2.24, 2.45) is 0 Å². The minimum Gasteiger partial charge on any atom is -0.422 e. The Morgan fingerprint density at radius 3 is 2.71 bits per heavy atom. The maximum atomic E-state index is 12.8. The Hall–Kier alpha value is -3.67. The third-order valence-corrected chi connectivity index (χ3v) is 5.54. The summed E-state index contributed by atoms with van der Waals surface area (Å²) in [6, 6.07) is 18.0. The van der Waals surface area contributed by atoms with Crippen LogP contribution in [0.25, 0.3) is 11.8 Å². The normalized spacial score (nSPS) is 12.2. The second-order valence-electron chi connectivity index (χ2n) is 6.47. The molecule has 0 unspecified atom stereocenters. The van der Waals surface area contributed by atoms with Gasteiger partial charge in [0.05, 0.1) is 0 Å². The molecule has 3 aromatic rings. The first-order valence-electron chi connectivity index (χ1n) is 9.65. The molecule has 0 fully saturated rings. The summed E-state index contributed by atoms with van der Waals surface area (Å²) >= 11 is 1.05. The number of rotatable bonds is 7. The summed E-state index contributed by atoms with van der Waals surface area (Å²) in [5.74, 6) is -0.571. The maximum Gasteiger partial charge on any atom is 0.357 e. The highest BCUT2D eigenvalue weighted by Crippen LogP contribution is 2.15. The van der Waals surface area contributed by atoms with Crippen molar-refractivity contribution >= 4 is 34.8 Å². The zero-order valence-electron chi connectivity index (χ0n) is 16.9. The number of aliphatic hydroxyl groups is 1. The van der Waals surface area contributed by atoms with E-state index in [1.165, 1.54) is 4.57 Å². The number of benzene rings is 2. The molecule has 0 saturated heterocycles. The van der Waals surface area contributed by atoms with Crippen LogP contribution in [0.2, 0.25) is 0 Å². The standard InChI is InChI=1S/C23H21N3O4S/c1-2-26-21(28)20(15-25-17-8-4-3-5-9-17)31-22(26)19(14-24)23(29)30-18-10-6-7-16(13-18)11-12-27/h3-10,13,15,25,27H,2,11-12H2,1H3. The van der Waals surface area contributed by atoms with Crippen LogP contribution in [0.3, 0.4) is 0 Å². The molecule has 0 aliphatic heterocycles. The molecule has 0 amide bonds. The number of anilines is 1. The van der Waals surface area contributed by atoms with E-state index in [4.69, 9.17) is 9.84 Å². The Labute approximate surface area is 182 Å². The van der Waals surface area contributed by atoms with Gasteiger partial charge in [0.25, 0.3) is 5.56 Å². The predicted molar refractivity (Wildman–Crippen MR) is 120 cm³/mol. The Kier molecular flexibility index (Phi) is 7.38. The van der Waals surface area contributed by atoms with Gasteiger partial charge in [0.2, 0.25) is 0 Å². The topological polar surface area (TPSA) is 104 Å². The van der Waals surface area contributed by atoms with Crippen molar-refractivity contribution in [1.29, 1.82) is 5.26 Å². The zero-order chi connectivity index (χ0) is 22.2. The number of aliphatic hydroxyl groups excluding tert-OH is 1. The molecule has 0 aliphatic carbocycles. The van der Waals surface area contributed by atoms with Gasteiger partial charge in [-0.05, 0) is 43.2 Å². The van der Waals surface area contributed by atoms with Crippen molar-refractivity contribution in [2.75, 3.05) is 11.9 Å². The SMILES string of the molecule is CCn1c(=C(C#N)C(=O)Oc2cccc(CCO)c2)sc(=CNc2ccccc2)c1=O. The number of esters is 1. The molecule has 0 saturated carbocycles. The molecule has 0 bridgehead atoms. The summed E-state index contributed by atoms with van der Waals surface area (Å²) in [6.45, 7) is 2.04. The van der Waals surface area contributed by atoms with E-state index in [-0.39, 0.29) is 28.2 Å². The lowest BCUT2D eigenvalue weighted by molar-refractivity contribution is -0.127. The van der Waals surface area contributed by atoms with Gasteiger partial charge < -0.3 is 15.2 Å². The van der Waals surface area contributed by atoms with E-state index in [2.05, 4.69) is 5.32 Å². The van der Waals surface area contributed by atoms with Gasteiger partial charge in [-0.15, -0.1) is 11.3 Å². The molecule has 0 spiro atoms. The summed E-state index contributed by atoms with van der Waals surface area (Å²) < 4.78 is 7.36. The highest BCUT2D eigenvalue weighted by Gasteiger charge is 2.17. The number of nitriles is 1. The summed E-state index contributed by atoms with van der Waals surface area (Å²) in [7, 11) is 0. The maximum absolute atomic E-state index is 12.8. The van der Waals surface area contributed by atoms with Crippen LogP contribution in [-0.4, -0.2) is 22.2 Å². The second kappa shape index (κ2) is 10.4. The van der Waals surface area contributed by atoms with Gasteiger partial charge in [-0.25, -0.2) is 4.79 Å². The third kappa shape index (κ3) is 5.28. The molecule has 0 atom stereocenters. The third-order valence-electron chi connectivity index (χ3n) is 4.41. The van der Waals surface area contributed by atoms with E-state index in [0.717, 1.165) is 22.6 Å². The Bertz CT molecular complexity index is 1290. The summed E-state index contributed by atoms with van der Waals surface area (Å²) in [4.78, 5) is 25.5. The van der Waals surface area contributed by atoms with E-state index in [0.29, 0.717) is 17.5 Å². The van der Waals surface area contributed by atoms with E-state index in [1.807, 2.05) is 36.4 Å². The summed E-state index contributed by atoms with van der Waals surface area (Å²) in [5.41, 5.74) is 1.08. The Morgan fingerprint density at radius 1 is 1.26 bits per heavy atom. The molecule has 0 radical (unpaired) electrons. The van der Waals surface area contributed by atoms with E-state index in [1.54, 1.807) is 37.4 Å². The van der Waals surface area contributed by atoms with Crippen LogP contribution in [0.5, 0.6) is 5.75 Å². The molecule has 2 N–H and O–H groups in total. The van der Waals surface area contributed by atoms with Crippen LogP contribution in [0.15, 0.2) is 59.4 Å². The lowest BCUT2D eigenvalue weighted by atomic mass is 10.1. The number of nitrogens with one attached hydrogen (secondary N) is 1. The van der Waals surface area contributed by atoms with E-state index >= 15 is 0 Å². The highest BCUT2D eigenvalue weighted by atomic mass is 32.1. The Morgan fingerprint density at radius 2 is 2.03 bits per heavy atom. The van der Waals surface area contributed by atoms with Crippen molar-refractivity contribution in [1.82, 2.24) is 4.57 Å². The van der Waals surface area contributed by atoms with Crippen molar-refractivity contribution in [2.45, 2.75) is 19.9 Å². The van der Waals surface area contributed by atoms with Crippen LogP contribution in [-0.2, 0) is 17.8 Å². The van der Waals surface area contributed by atoms with E-state index < -0.39 is 5.97 Å². The fourth-order valence-corrected chi connectivity index (χ4v) is 3.99. The fraction of sp³-hybridized carbons (Fsp3) is 0.174. The zero-order valence-corrected chi connectivity index (χ0v) is 17.7. The van der Waals surface area contributed by atoms with Crippen LogP contribution in [0, 0.1) is 11.3 Å². The number of aromatic nitrogens is 1. The lowest BCUT2D eigenvalue weighted by Gasteiger charge is -2.05. The van der Waals surface area contributed by atoms with E-state index in [9.17, 15) is 14.9 Å². The molecular weight excluding hydrogens is 414 g/mol. The molecule has 31 heavy (non-hydrogen) atoms. The highest BCUT2D eigenvalue weighted by molar-refractivity contribution is 7.07. The van der Waals surface area contributed by atoms with Gasteiger partial charge >= 0.3 is 5.97 Å². The van der Waals surface area contributed by atoms with Gasteiger partial charge in [-0.2, -0.15) is 5.26 Å². The number of carbonyl (C=O) groups is 1. The summed E-state index contributed by atoms with van der Waals surface area (Å²) in [5, 5.41) is 21.8. The molecule has 7 nitrogen and oxygen atoms in total. The number of nitrogens with zero attached hydrogens (tertiary/aromatic N) is 2. The average molecular weight is 436 g/mol. The number of ether oxygens (including phenoxy) is 1. The molecule has 3 rings (SSSR count). The predicted octanol–water partition coefficient (Wildman–Crippen LogP) is 1.59. The smallest absolute Gasteiger partial charge is 0.357 e. The largest absolute Gasteiger partial charge is 0.422 e. The number of para-hydroxylation sites is 1. The van der Waals surface area contributed by atoms with Crippen LogP contribution < -0.4 is 24.8 Å². The van der Waals surface area contributed by atoms with Gasteiger partial charge in [-0.3, -0.25) is 9.36 Å². The first-order valence-corrected chi connectivity index (χ1v) is 10.5. The van der Waals surface area contributed by atoms with Crippen molar-refractivity contribution in [3.05, 3.63) is 79.7 Å². The molecule has 158 valence electrons. The first-order chi connectivity index (χ1) is 15.1. The van der Waals surface area contributed by atoms with Crippen molar-refractivity contribution < 1.29 is 14.6 Å². The number of thiazole rings is 1. The van der Waals surface area contributed by atoms with Crippen molar-refractivity contribution in [3.8, 4) is 11.8 Å². The van der Waals surface area contributed by atoms with Crippen LogP contribution >= 0.6 is 11.3 Å². The quantitative estimate of drug-likeness (QED) is 0.432. The first kappa shape index (κ1) is 22.0. The van der Waals surface area contributed by atoms with Crippen LogP contribution in [0.4, 0.5) is 5.69 Å². The van der Waals surface area contributed by atoms with Gasteiger partial charge in [0.15, 0.2) is 5.57 Å². The van der Waals surface area contributed by atoms with Crippen molar-refractivity contribution in [3.63, 3.8) is 0 Å². The molecule has 2 aromatic carbocycles. The molecule has 0 aliphatic rings. The van der Waals surface area contributed by atoms with Gasteiger partial charge in [-0.1, -0.05) is 30.3 Å². The second-order valence-corrected chi connectivity index (χ2v) is 7.50. The average Bonchev–Trinajstić information content (AvgIpc) is 3.09. The Balaban J connectivity index is 2.00. The lowest BCUT2D eigenvalue weighted by Crippen LogP contribution is -2.33. The molecular formula is C23H21N3O4S. The summed E-state index contributed by atoms with van der Waals surface area (Å²) in [6.07, 6.45) is 1.99. The number of hydrogen-bond acceptors (Lipinski definition) is 7. The molecule has 8 heteroatoms. The molecule has 1 aromatic heterocycles. The number of hydrogen-bond donors (Lipinski definition) is 2. The fourth-order valence-electron chi connectivity index (χ4n) is 2.91. The minimum absolute atomic E-state index is 0.0266. The monoisotopic (exact) mass is 435 g/mol. The number of carbonyl (C=O) groups excluding carboxylic acids is 1. The minimum atomic E-state index is -0.838.